The highest BCUT2D eigenvalue weighted by molar-refractivity contribution is 7.86. The van der Waals surface area contributed by atoms with Gasteiger partial charge in [-0.05, 0) is 37.0 Å². The first-order chi connectivity index (χ1) is 6.79. The molecule has 2 aliphatic rings. The van der Waals surface area contributed by atoms with E-state index in [4.69, 9.17) is 4.55 Å². The van der Waals surface area contributed by atoms with Crippen LogP contribution < -0.4 is 0 Å². The Hall–Kier alpha value is -0.230. The lowest BCUT2D eigenvalue weighted by atomic mass is 9.86. The predicted molar refractivity (Wildman–Crippen MR) is 50.1 cm³/mol. The number of hydrogen-bond acceptors (Lipinski definition) is 2. The third-order valence-electron chi connectivity index (χ3n) is 3.76. The molecule has 2 bridgehead atoms. The molecular formula is C9H14F2O3S. The summed E-state index contributed by atoms with van der Waals surface area (Å²) in [5, 5.41) is -3.97. The van der Waals surface area contributed by atoms with Crippen molar-refractivity contribution < 1.29 is 21.8 Å². The Morgan fingerprint density at radius 2 is 1.93 bits per heavy atom. The molecule has 2 rings (SSSR count). The SMILES string of the molecule is O=S(=O)(O)C(F)(F)CC1CC2CC[C@H]1C2. The molecule has 0 heterocycles. The van der Waals surface area contributed by atoms with Crippen molar-refractivity contribution in [3.8, 4) is 0 Å². The first-order valence-electron chi connectivity index (χ1n) is 5.14. The van der Waals surface area contributed by atoms with Gasteiger partial charge in [0.25, 0.3) is 0 Å². The van der Waals surface area contributed by atoms with E-state index in [1.54, 1.807) is 0 Å². The van der Waals surface area contributed by atoms with E-state index in [-0.39, 0.29) is 11.8 Å². The van der Waals surface area contributed by atoms with Gasteiger partial charge in [-0.25, -0.2) is 0 Å². The van der Waals surface area contributed by atoms with Crippen LogP contribution in [0.3, 0.4) is 0 Å². The van der Waals surface area contributed by atoms with Gasteiger partial charge >= 0.3 is 15.4 Å². The maximum Gasteiger partial charge on any atom is 0.370 e. The molecule has 0 aromatic heterocycles. The van der Waals surface area contributed by atoms with Crippen LogP contribution in [0.1, 0.15) is 32.1 Å². The largest absolute Gasteiger partial charge is 0.370 e. The standard InChI is InChI=1S/C9H14F2O3S/c10-9(11,15(12,13)14)5-8-4-6-1-2-7(8)3-6/h6-8H,1-5H2,(H,12,13,14)/t6?,7-,8?/m0/s1. The Morgan fingerprint density at radius 3 is 2.33 bits per heavy atom. The highest BCUT2D eigenvalue weighted by atomic mass is 32.2. The summed E-state index contributed by atoms with van der Waals surface area (Å²) in [6.07, 6.45) is 2.94. The molecule has 0 aromatic rings. The van der Waals surface area contributed by atoms with Crippen molar-refractivity contribution in [3.05, 3.63) is 0 Å². The van der Waals surface area contributed by atoms with Crippen molar-refractivity contribution in [1.82, 2.24) is 0 Å². The normalized spacial score (nSPS) is 36.1. The second-order valence-electron chi connectivity index (χ2n) is 4.75. The molecule has 1 N–H and O–H groups in total. The van der Waals surface area contributed by atoms with Gasteiger partial charge < -0.3 is 0 Å². The van der Waals surface area contributed by atoms with Gasteiger partial charge in [-0.15, -0.1) is 0 Å². The van der Waals surface area contributed by atoms with E-state index in [1.165, 1.54) is 0 Å². The quantitative estimate of drug-likeness (QED) is 0.770. The molecule has 2 fully saturated rings. The minimum absolute atomic E-state index is 0.235. The number of rotatable bonds is 3. The van der Waals surface area contributed by atoms with Crippen molar-refractivity contribution >= 4 is 10.1 Å². The lowest BCUT2D eigenvalue weighted by molar-refractivity contribution is 0.0423. The third kappa shape index (κ3) is 2.01. The fourth-order valence-electron chi connectivity index (χ4n) is 3.04. The lowest BCUT2D eigenvalue weighted by Crippen LogP contribution is -2.32. The Bertz CT molecular complexity index is 352. The van der Waals surface area contributed by atoms with Crippen LogP contribution in [0.5, 0.6) is 0 Å². The maximum atomic E-state index is 13.1. The fraction of sp³-hybridized carbons (Fsp3) is 1.00. The van der Waals surface area contributed by atoms with Gasteiger partial charge in [-0.2, -0.15) is 17.2 Å². The van der Waals surface area contributed by atoms with Crippen LogP contribution in [0.25, 0.3) is 0 Å². The molecule has 0 spiro atoms. The van der Waals surface area contributed by atoms with Gasteiger partial charge in [-0.1, -0.05) is 6.42 Å². The van der Waals surface area contributed by atoms with Gasteiger partial charge in [0.2, 0.25) is 0 Å². The average Bonchev–Trinajstić information content (AvgIpc) is 2.61. The van der Waals surface area contributed by atoms with Crippen LogP contribution in [-0.4, -0.2) is 18.2 Å². The fourth-order valence-corrected chi connectivity index (χ4v) is 3.46. The molecule has 0 amide bonds. The predicted octanol–water partition coefficient (Wildman–Crippen LogP) is 2.29. The lowest BCUT2D eigenvalue weighted by Gasteiger charge is -2.24. The highest BCUT2D eigenvalue weighted by Gasteiger charge is 2.50. The summed E-state index contributed by atoms with van der Waals surface area (Å²) in [4.78, 5) is 0. The minimum atomic E-state index is -5.24. The first-order valence-corrected chi connectivity index (χ1v) is 6.58. The van der Waals surface area contributed by atoms with E-state index >= 15 is 0 Å². The molecule has 3 nitrogen and oxygen atoms in total. The van der Waals surface area contributed by atoms with E-state index < -0.39 is 21.8 Å². The zero-order valence-corrected chi connectivity index (χ0v) is 9.01. The van der Waals surface area contributed by atoms with Crippen LogP contribution in [0.2, 0.25) is 0 Å². The van der Waals surface area contributed by atoms with Gasteiger partial charge in [0.1, 0.15) is 0 Å². The number of fused-ring (bicyclic) bond motifs is 2. The van der Waals surface area contributed by atoms with E-state index in [0.29, 0.717) is 12.3 Å². The summed E-state index contributed by atoms with van der Waals surface area (Å²) in [5.41, 5.74) is 0. The summed E-state index contributed by atoms with van der Waals surface area (Å²) < 4.78 is 55.4. The second-order valence-corrected chi connectivity index (χ2v) is 6.30. The van der Waals surface area contributed by atoms with E-state index in [0.717, 1.165) is 19.3 Å². The van der Waals surface area contributed by atoms with Crippen LogP contribution >= 0.6 is 0 Å². The van der Waals surface area contributed by atoms with Crippen molar-refractivity contribution in [3.63, 3.8) is 0 Å². The zero-order chi connectivity index (χ0) is 11.3. The summed E-state index contributed by atoms with van der Waals surface area (Å²) in [5.74, 6) is 0.500. The average molecular weight is 240 g/mol. The van der Waals surface area contributed by atoms with Crippen molar-refractivity contribution in [2.24, 2.45) is 17.8 Å². The summed E-state index contributed by atoms with van der Waals surface area (Å²) in [6, 6.07) is 0. The Kier molecular flexibility index (Phi) is 2.54. The van der Waals surface area contributed by atoms with E-state index in [1.807, 2.05) is 0 Å². The van der Waals surface area contributed by atoms with E-state index in [2.05, 4.69) is 0 Å². The number of halogens is 2. The molecule has 0 aromatic carbocycles. The monoisotopic (exact) mass is 240 g/mol. The molecule has 2 aliphatic carbocycles. The molecule has 15 heavy (non-hydrogen) atoms. The van der Waals surface area contributed by atoms with Gasteiger partial charge in [0.05, 0.1) is 0 Å². The number of hydrogen-bond donors (Lipinski definition) is 1. The summed E-state index contributed by atoms with van der Waals surface area (Å²) in [6.45, 7) is 0. The van der Waals surface area contributed by atoms with Crippen molar-refractivity contribution in [2.75, 3.05) is 0 Å². The topological polar surface area (TPSA) is 54.4 Å². The maximum absolute atomic E-state index is 13.1. The first kappa shape index (κ1) is 11.3. The Balaban J connectivity index is 2.04. The number of alkyl halides is 2. The van der Waals surface area contributed by atoms with Crippen LogP contribution in [0, 0.1) is 17.8 Å². The van der Waals surface area contributed by atoms with Crippen molar-refractivity contribution in [2.45, 2.75) is 37.4 Å². The summed E-state index contributed by atoms with van der Waals surface area (Å²) in [7, 11) is -5.24. The van der Waals surface area contributed by atoms with E-state index in [9.17, 15) is 17.2 Å². The van der Waals surface area contributed by atoms with Gasteiger partial charge in [-0.3, -0.25) is 4.55 Å². The Labute approximate surface area is 87.6 Å². The zero-order valence-electron chi connectivity index (χ0n) is 8.20. The smallest absolute Gasteiger partial charge is 0.281 e. The van der Waals surface area contributed by atoms with Crippen LogP contribution in [0.15, 0.2) is 0 Å². The van der Waals surface area contributed by atoms with Gasteiger partial charge in [0.15, 0.2) is 0 Å². The second kappa shape index (κ2) is 3.38. The van der Waals surface area contributed by atoms with Crippen LogP contribution in [0.4, 0.5) is 8.78 Å². The van der Waals surface area contributed by atoms with Crippen molar-refractivity contribution in [1.29, 1.82) is 0 Å². The molecule has 6 heteroatoms. The molecule has 0 aliphatic heterocycles. The molecular weight excluding hydrogens is 226 g/mol. The van der Waals surface area contributed by atoms with Crippen LogP contribution in [-0.2, 0) is 10.1 Å². The molecule has 2 saturated carbocycles. The van der Waals surface area contributed by atoms with Gasteiger partial charge in [0, 0.05) is 6.42 Å². The molecule has 2 unspecified atom stereocenters. The molecule has 3 atom stereocenters. The minimum Gasteiger partial charge on any atom is -0.281 e. The summed E-state index contributed by atoms with van der Waals surface area (Å²) >= 11 is 0. The molecule has 88 valence electrons. The Morgan fingerprint density at radius 1 is 1.27 bits per heavy atom. The third-order valence-corrected chi connectivity index (χ3v) is 4.68. The molecule has 0 radical (unpaired) electrons. The molecule has 0 saturated heterocycles. The highest BCUT2D eigenvalue weighted by Crippen LogP contribution is 2.51.